The van der Waals surface area contributed by atoms with E-state index in [-0.39, 0.29) is 43.7 Å². The summed E-state index contributed by atoms with van der Waals surface area (Å²) in [7, 11) is 0. The lowest BCUT2D eigenvalue weighted by molar-refractivity contribution is -0.153. The Morgan fingerprint density at radius 3 is 2.89 bits per heavy atom. The number of esters is 2. The number of hydrogen-bond acceptors (Lipinski definition) is 5. The van der Waals surface area contributed by atoms with Crippen LogP contribution >= 0.6 is 0 Å². The molecule has 0 bridgehead atoms. The predicted molar refractivity (Wildman–Crippen MR) is 67.0 cm³/mol. The minimum absolute atomic E-state index is 0.00362. The second kappa shape index (κ2) is 8.08. The van der Waals surface area contributed by atoms with E-state index in [0.29, 0.717) is 0 Å². The quantitative estimate of drug-likeness (QED) is 0.696. The number of rotatable bonds is 7. The molecular weight excluding hydrogens is 234 g/mol. The minimum atomic E-state index is -0.257. The minimum Gasteiger partial charge on any atom is -0.464 e. The van der Waals surface area contributed by atoms with Gasteiger partial charge in [0.05, 0.1) is 18.5 Å². The largest absolute Gasteiger partial charge is 0.464 e. The third kappa shape index (κ3) is 5.04. The summed E-state index contributed by atoms with van der Waals surface area (Å²) >= 11 is 0. The van der Waals surface area contributed by atoms with Crippen molar-refractivity contribution in [3.05, 3.63) is 0 Å². The first-order valence-electron chi connectivity index (χ1n) is 6.73. The SMILES string of the molecule is CCCCC(CC)C(=O)OCC1COC(=O)CN1. The lowest BCUT2D eigenvalue weighted by Gasteiger charge is -2.23. The summed E-state index contributed by atoms with van der Waals surface area (Å²) in [6.07, 6.45) is 3.83. The van der Waals surface area contributed by atoms with E-state index >= 15 is 0 Å². The molecule has 1 heterocycles. The molecule has 1 saturated heterocycles. The fourth-order valence-corrected chi connectivity index (χ4v) is 1.88. The molecule has 104 valence electrons. The lowest BCUT2D eigenvalue weighted by atomic mass is 10.00. The first-order chi connectivity index (χ1) is 8.67. The maximum Gasteiger partial charge on any atom is 0.319 e. The van der Waals surface area contributed by atoms with Crippen molar-refractivity contribution in [2.45, 2.75) is 45.6 Å². The van der Waals surface area contributed by atoms with Gasteiger partial charge in [-0.3, -0.25) is 14.9 Å². The molecule has 0 radical (unpaired) electrons. The average molecular weight is 257 g/mol. The molecule has 0 aromatic heterocycles. The summed E-state index contributed by atoms with van der Waals surface area (Å²) in [6.45, 7) is 4.85. The number of carbonyl (C=O) groups excluding carboxylic acids is 2. The highest BCUT2D eigenvalue weighted by molar-refractivity contribution is 5.73. The normalized spacial score (nSPS) is 21.2. The smallest absolute Gasteiger partial charge is 0.319 e. The highest BCUT2D eigenvalue weighted by Crippen LogP contribution is 2.14. The molecule has 2 unspecified atom stereocenters. The fraction of sp³-hybridized carbons (Fsp3) is 0.846. The van der Waals surface area contributed by atoms with E-state index in [1.807, 2.05) is 6.92 Å². The monoisotopic (exact) mass is 257 g/mol. The molecule has 0 aromatic carbocycles. The first kappa shape index (κ1) is 15.0. The van der Waals surface area contributed by atoms with E-state index in [4.69, 9.17) is 9.47 Å². The second-order valence-corrected chi connectivity index (χ2v) is 4.64. The van der Waals surface area contributed by atoms with E-state index in [2.05, 4.69) is 12.2 Å². The van der Waals surface area contributed by atoms with Crippen LogP contribution in [-0.2, 0) is 19.1 Å². The zero-order valence-electron chi connectivity index (χ0n) is 11.2. The van der Waals surface area contributed by atoms with Crippen LogP contribution in [0.5, 0.6) is 0 Å². The van der Waals surface area contributed by atoms with Crippen LogP contribution in [0.3, 0.4) is 0 Å². The van der Waals surface area contributed by atoms with Crippen molar-refractivity contribution in [2.75, 3.05) is 19.8 Å². The van der Waals surface area contributed by atoms with Crippen molar-refractivity contribution >= 4 is 11.9 Å². The number of morpholine rings is 1. The maximum absolute atomic E-state index is 11.8. The van der Waals surface area contributed by atoms with Crippen molar-refractivity contribution in [1.29, 1.82) is 0 Å². The molecule has 0 saturated carbocycles. The topological polar surface area (TPSA) is 64.6 Å². The maximum atomic E-state index is 11.8. The van der Waals surface area contributed by atoms with Gasteiger partial charge in [0.2, 0.25) is 0 Å². The number of carbonyl (C=O) groups is 2. The Hall–Kier alpha value is -1.10. The van der Waals surface area contributed by atoms with Gasteiger partial charge in [0, 0.05) is 0 Å². The summed E-state index contributed by atoms with van der Waals surface area (Å²) < 4.78 is 10.2. The highest BCUT2D eigenvalue weighted by atomic mass is 16.6. The van der Waals surface area contributed by atoms with Gasteiger partial charge in [0.1, 0.15) is 13.2 Å². The van der Waals surface area contributed by atoms with Crippen LogP contribution in [0, 0.1) is 5.92 Å². The van der Waals surface area contributed by atoms with E-state index in [0.717, 1.165) is 25.7 Å². The Kier molecular flexibility index (Phi) is 6.72. The molecule has 1 aliphatic heterocycles. The van der Waals surface area contributed by atoms with Crippen LogP contribution in [0.25, 0.3) is 0 Å². The lowest BCUT2D eigenvalue weighted by Crippen LogP contribution is -2.47. The number of hydrogen-bond donors (Lipinski definition) is 1. The van der Waals surface area contributed by atoms with Gasteiger partial charge in [0.15, 0.2) is 0 Å². The third-order valence-electron chi connectivity index (χ3n) is 3.14. The summed E-state index contributed by atoms with van der Waals surface area (Å²) in [6, 6.07) is -0.0738. The molecule has 5 nitrogen and oxygen atoms in total. The number of unbranched alkanes of at least 4 members (excludes halogenated alkanes) is 1. The van der Waals surface area contributed by atoms with Crippen LogP contribution in [-0.4, -0.2) is 37.7 Å². The molecule has 1 fully saturated rings. The summed E-state index contributed by atoms with van der Waals surface area (Å²) in [5, 5.41) is 2.97. The van der Waals surface area contributed by atoms with Crippen LogP contribution < -0.4 is 5.32 Å². The first-order valence-corrected chi connectivity index (χ1v) is 6.73. The average Bonchev–Trinajstić information content (AvgIpc) is 2.39. The zero-order valence-corrected chi connectivity index (χ0v) is 11.2. The predicted octanol–water partition coefficient (Wildman–Crippen LogP) is 1.26. The Morgan fingerprint density at radius 2 is 2.33 bits per heavy atom. The van der Waals surface area contributed by atoms with Crippen molar-refractivity contribution in [3.63, 3.8) is 0 Å². The Morgan fingerprint density at radius 1 is 1.56 bits per heavy atom. The molecule has 2 atom stereocenters. The van der Waals surface area contributed by atoms with Gasteiger partial charge in [-0.25, -0.2) is 0 Å². The van der Waals surface area contributed by atoms with Gasteiger partial charge in [-0.05, 0) is 12.8 Å². The Balaban J connectivity index is 2.24. The number of nitrogens with one attached hydrogen (secondary N) is 1. The van der Waals surface area contributed by atoms with Crippen molar-refractivity contribution in [1.82, 2.24) is 5.32 Å². The summed E-state index contributed by atoms with van der Waals surface area (Å²) in [5.41, 5.74) is 0. The van der Waals surface area contributed by atoms with Gasteiger partial charge < -0.3 is 9.47 Å². The molecule has 0 amide bonds. The van der Waals surface area contributed by atoms with Crippen LogP contribution in [0.2, 0.25) is 0 Å². The number of cyclic esters (lactones) is 1. The molecule has 0 aliphatic carbocycles. The molecule has 1 rings (SSSR count). The standard InChI is InChI=1S/C13H23NO4/c1-3-5-6-10(4-2)13(16)18-9-11-8-17-12(15)7-14-11/h10-11,14H,3-9H2,1-2H3. The van der Waals surface area contributed by atoms with Crippen molar-refractivity contribution < 1.29 is 19.1 Å². The molecule has 5 heteroatoms. The van der Waals surface area contributed by atoms with Crippen molar-refractivity contribution in [3.8, 4) is 0 Å². The summed E-state index contributed by atoms with van der Waals surface area (Å²) in [4.78, 5) is 22.7. The highest BCUT2D eigenvalue weighted by Gasteiger charge is 2.22. The Labute approximate surface area is 108 Å². The van der Waals surface area contributed by atoms with E-state index in [9.17, 15) is 9.59 Å². The van der Waals surface area contributed by atoms with Gasteiger partial charge in [-0.15, -0.1) is 0 Å². The van der Waals surface area contributed by atoms with Gasteiger partial charge in [-0.1, -0.05) is 26.7 Å². The van der Waals surface area contributed by atoms with Crippen LogP contribution in [0.1, 0.15) is 39.5 Å². The number of ether oxygens (including phenoxy) is 2. The van der Waals surface area contributed by atoms with Gasteiger partial charge in [-0.2, -0.15) is 0 Å². The molecule has 18 heavy (non-hydrogen) atoms. The van der Waals surface area contributed by atoms with Crippen LogP contribution in [0.15, 0.2) is 0 Å². The van der Waals surface area contributed by atoms with Crippen molar-refractivity contribution in [2.24, 2.45) is 5.92 Å². The molecule has 1 N–H and O–H groups in total. The molecule has 0 aromatic rings. The third-order valence-corrected chi connectivity index (χ3v) is 3.14. The Bertz CT molecular complexity index is 270. The fourth-order valence-electron chi connectivity index (χ4n) is 1.88. The molecular formula is C13H23NO4. The second-order valence-electron chi connectivity index (χ2n) is 4.64. The van der Waals surface area contributed by atoms with E-state index < -0.39 is 0 Å². The van der Waals surface area contributed by atoms with Gasteiger partial charge >= 0.3 is 11.9 Å². The molecule has 0 spiro atoms. The van der Waals surface area contributed by atoms with E-state index in [1.165, 1.54) is 0 Å². The van der Waals surface area contributed by atoms with Gasteiger partial charge in [0.25, 0.3) is 0 Å². The zero-order chi connectivity index (χ0) is 13.4. The molecule has 1 aliphatic rings. The van der Waals surface area contributed by atoms with Crippen LogP contribution in [0.4, 0.5) is 0 Å². The van der Waals surface area contributed by atoms with E-state index in [1.54, 1.807) is 0 Å². The summed E-state index contributed by atoms with van der Waals surface area (Å²) in [5.74, 6) is -0.396.